The molecule has 1 atom stereocenters. The molecule has 1 aromatic rings. The van der Waals surface area contributed by atoms with E-state index in [-0.39, 0.29) is 6.42 Å². The highest BCUT2D eigenvalue weighted by Crippen LogP contribution is 2.22. The largest absolute Gasteiger partial charge is 0.403 e. The fourth-order valence-electron chi connectivity index (χ4n) is 1.60. The molecule has 0 fully saturated rings. The lowest BCUT2D eigenvalue weighted by molar-refractivity contribution is -0.149. The van der Waals surface area contributed by atoms with Crippen LogP contribution in [0.5, 0.6) is 0 Å². The molecule has 1 rings (SSSR count). The van der Waals surface area contributed by atoms with Crippen LogP contribution in [0.2, 0.25) is 0 Å². The van der Waals surface area contributed by atoms with Gasteiger partial charge in [0.05, 0.1) is 11.6 Å². The lowest BCUT2D eigenvalue weighted by Crippen LogP contribution is -2.37. The quantitative estimate of drug-likeness (QED) is 0.823. The van der Waals surface area contributed by atoms with Crippen LogP contribution in [0.4, 0.5) is 13.2 Å². The van der Waals surface area contributed by atoms with Crippen molar-refractivity contribution in [3.8, 4) is 6.07 Å². The van der Waals surface area contributed by atoms with Gasteiger partial charge in [-0.25, -0.2) is 0 Å². The first-order valence-corrected chi connectivity index (χ1v) is 5.75. The minimum absolute atomic E-state index is 0.0419. The van der Waals surface area contributed by atoms with E-state index in [1.54, 1.807) is 12.1 Å². The Morgan fingerprint density at radius 2 is 1.78 bits per heavy atom. The van der Waals surface area contributed by atoms with Crippen LogP contribution >= 0.6 is 0 Å². The van der Waals surface area contributed by atoms with Gasteiger partial charge in [-0.1, -0.05) is 18.6 Å². The van der Waals surface area contributed by atoms with Gasteiger partial charge < -0.3 is 5.73 Å². The topological polar surface area (TPSA) is 49.8 Å². The highest BCUT2D eigenvalue weighted by Gasteiger charge is 2.35. The first-order valence-electron chi connectivity index (χ1n) is 5.75. The summed E-state index contributed by atoms with van der Waals surface area (Å²) < 4.78 is 36.4. The number of halogens is 3. The van der Waals surface area contributed by atoms with Gasteiger partial charge in [0.15, 0.2) is 0 Å². The molecule has 0 saturated heterocycles. The van der Waals surface area contributed by atoms with Crippen molar-refractivity contribution in [2.75, 3.05) is 0 Å². The fourth-order valence-corrected chi connectivity index (χ4v) is 1.60. The van der Waals surface area contributed by atoms with Gasteiger partial charge in [-0.3, -0.25) is 0 Å². The summed E-state index contributed by atoms with van der Waals surface area (Å²) in [6.45, 7) is 0. The third-order valence-corrected chi connectivity index (χ3v) is 2.73. The van der Waals surface area contributed by atoms with E-state index < -0.39 is 12.2 Å². The van der Waals surface area contributed by atoms with E-state index in [4.69, 9.17) is 11.0 Å². The Morgan fingerprint density at radius 1 is 1.17 bits per heavy atom. The number of alkyl halides is 3. The van der Waals surface area contributed by atoms with E-state index in [0.29, 0.717) is 24.8 Å². The van der Waals surface area contributed by atoms with Crippen LogP contribution in [0.25, 0.3) is 0 Å². The molecule has 0 aromatic heterocycles. The molecule has 0 amide bonds. The van der Waals surface area contributed by atoms with Gasteiger partial charge in [-0.05, 0) is 37.0 Å². The lowest BCUT2D eigenvalue weighted by atomic mass is 10.0. The average Bonchev–Trinajstić information content (AvgIpc) is 2.34. The molecule has 0 spiro atoms. The van der Waals surface area contributed by atoms with Gasteiger partial charge in [0.25, 0.3) is 0 Å². The molecular weight excluding hydrogens is 241 g/mol. The highest BCUT2D eigenvalue weighted by atomic mass is 19.4. The molecule has 18 heavy (non-hydrogen) atoms. The summed E-state index contributed by atoms with van der Waals surface area (Å²) in [5.74, 6) is 0. The molecule has 0 radical (unpaired) electrons. The van der Waals surface area contributed by atoms with Gasteiger partial charge in [0.2, 0.25) is 0 Å². The third-order valence-electron chi connectivity index (χ3n) is 2.73. The molecular formula is C13H15F3N2. The van der Waals surface area contributed by atoms with Crippen molar-refractivity contribution in [3.63, 3.8) is 0 Å². The summed E-state index contributed by atoms with van der Waals surface area (Å²) in [5, 5.41) is 8.61. The number of rotatable bonds is 5. The van der Waals surface area contributed by atoms with E-state index >= 15 is 0 Å². The Hall–Kier alpha value is -1.54. The van der Waals surface area contributed by atoms with Crippen LogP contribution in [-0.2, 0) is 6.42 Å². The van der Waals surface area contributed by atoms with Crippen molar-refractivity contribution in [2.45, 2.75) is 37.9 Å². The molecule has 0 aliphatic rings. The van der Waals surface area contributed by atoms with Crippen LogP contribution in [0.3, 0.4) is 0 Å². The molecule has 0 aliphatic heterocycles. The number of nitrogens with two attached hydrogens (primary N) is 1. The summed E-state index contributed by atoms with van der Waals surface area (Å²) >= 11 is 0. The van der Waals surface area contributed by atoms with Crippen molar-refractivity contribution in [1.29, 1.82) is 5.26 Å². The van der Waals surface area contributed by atoms with Crippen LogP contribution in [0.15, 0.2) is 24.3 Å². The number of hydrogen-bond acceptors (Lipinski definition) is 2. The number of aryl methyl sites for hydroxylation is 1. The first kappa shape index (κ1) is 14.5. The van der Waals surface area contributed by atoms with Crippen molar-refractivity contribution < 1.29 is 13.2 Å². The second-order valence-corrected chi connectivity index (χ2v) is 4.20. The summed E-state index contributed by atoms with van der Waals surface area (Å²) in [4.78, 5) is 0. The van der Waals surface area contributed by atoms with Crippen LogP contribution < -0.4 is 5.73 Å². The predicted molar refractivity (Wildman–Crippen MR) is 62.7 cm³/mol. The highest BCUT2D eigenvalue weighted by molar-refractivity contribution is 5.31. The zero-order chi connectivity index (χ0) is 13.6. The summed E-state index contributed by atoms with van der Waals surface area (Å²) in [6, 6.07) is 7.34. The summed E-state index contributed by atoms with van der Waals surface area (Å²) in [5.41, 5.74) is 6.61. The van der Waals surface area contributed by atoms with Crippen molar-refractivity contribution in [3.05, 3.63) is 35.4 Å². The molecule has 0 bridgehead atoms. The monoisotopic (exact) mass is 256 g/mol. The first-order chi connectivity index (χ1) is 8.43. The molecule has 0 unspecified atom stereocenters. The Morgan fingerprint density at radius 3 is 2.28 bits per heavy atom. The van der Waals surface area contributed by atoms with Crippen molar-refractivity contribution >= 4 is 0 Å². The normalized spacial score (nSPS) is 13.1. The molecule has 0 heterocycles. The zero-order valence-corrected chi connectivity index (χ0v) is 9.87. The molecule has 0 saturated carbocycles. The van der Waals surface area contributed by atoms with Gasteiger partial charge in [0, 0.05) is 0 Å². The van der Waals surface area contributed by atoms with Crippen molar-refractivity contribution in [1.82, 2.24) is 0 Å². The van der Waals surface area contributed by atoms with E-state index in [9.17, 15) is 13.2 Å². The molecule has 1 aromatic carbocycles. The second kappa shape index (κ2) is 6.41. The van der Waals surface area contributed by atoms with Gasteiger partial charge in [0.1, 0.15) is 6.04 Å². The Bertz CT molecular complexity index is 404. The molecule has 0 aliphatic carbocycles. The maximum Gasteiger partial charge on any atom is 0.403 e. The average molecular weight is 256 g/mol. The lowest BCUT2D eigenvalue weighted by Gasteiger charge is -2.14. The van der Waals surface area contributed by atoms with E-state index in [1.807, 2.05) is 18.2 Å². The third kappa shape index (κ3) is 4.76. The van der Waals surface area contributed by atoms with Crippen LogP contribution in [0.1, 0.15) is 30.4 Å². The Labute approximate surface area is 104 Å². The number of unbranched alkanes of at least 4 members (excludes halogenated alkanes) is 1. The Balaban J connectivity index is 2.28. The second-order valence-electron chi connectivity index (χ2n) is 4.20. The molecule has 2 N–H and O–H groups in total. The minimum Gasteiger partial charge on any atom is -0.320 e. The molecule has 5 heteroatoms. The van der Waals surface area contributed by atoms with Gasteiger partial charge in [-0.15, -0.1) is 0 Å². The number of nitrogens with zero attached hydrogens (tertiary/aromatic N) is 1. The zero-order valence-electron chi connectivity index (χ0n) is 9.87. The van der Waals surface area contributed by atoms with Crippen LogP contribution in [0, 0.1) is 11.3 Å². The van der Waals surface area contributed by atoms with Gasteiger partial charge >= 0.3 is 6.18 Å². The van der Waals surface area contributed by atoms with Crippen molar-refractivity contribution in [2.24, 2.45) is 5.73 Å². The van der Waals surface area contributed by atoms with E-state index in [1.165, 1.54) is 0 Å². The summed E-state index contributed by atoms with van der Waals surface area (Å²) in [7, 11) is 0. The van der Waals surface area contributed by atoms with Gasteiger partial charge in [-0.2, -0.15) is 18.4 Å². The fraction of sp³-hybridized carbons (Fsp3) is 0.462. The maximum absolute atomic E-state index is 12.1. The molecule has 98 valence electrons. The number of hydrogen-bond donors (Lipinski definition) is 1. The smallest absolute Gasteiger partial charge is 0.320 e. The van der Waals surface area contributed by atoms with E-state index in [2.05, 4.69) is 0 Å². The minimum atomic E-state index is -4.30. The molecule has 2 nitrogen and oxygen atoms in total. The SMILES string of the molecule is N#Cc1ccc(CCCC[C@H](N)C(F)(F)F)cc1. The maximum atomic E-state index is 12.1. The standard InChI is InChI=1S/C13H15F3N2/c14-13(15,16)12(18)4-2-1-3-10-5-7-11(9-17)8-6-10/h5-8,12H,1-4,18H2/t12-/m0/s1. The summed E-state index contributed by atoms with van der Waals surface area (Å²) in [6.07, 6.45) is -2.53. The number of nitriles is 1. The van der Waals surface area contributed by atoms with E-state index in [0.717, 1.165) is 5.56 Å². The predicted octanol–water partition coefficient (Wildman–Crippen LogP) is 3.16. The Kier molecular flexibility index (Phi) is 5.17. The van der Waals surface area contributed by atoms with Crippen LogP contribution in [-0.4, -0.2) is 12.2 Å². The number of benzene rings is 1.